The third-order valence-electron chi connectivity index (χ3n) is 5.05. The van der Waals surface area contributed by atoms with Crippen LogP contribution in [0, 0.1) is 5.41 Å². The predicted molar refractivity (Wildman–Crippen MR) is 110 cm³/mol. The summed E-state index contributed by atoms with van der Waals surface area (Å²) in [5.41, 5.74) is 0.393. The fourth-order valence-electron chi connectivity index (χ4n) is 2.72. The highest BCUT2D eigenvalue weighted by Gasteiger charge is 2.53. The lowest BCUT2D eigenvalue weighted by Gasteiger charge is -2.62. The van der Waals surface area contributed by atoms with Crippen molar-refractivity contribution in [3.05, 3.63) is 24.3 Å². The zero-order chi connectivity index (χ0) is 17.1. The molecule has 0 atom stereocenters. The zero-order valence-corrected chi connectivity index (χ0v) is 17.9. The van der Waals surface area contributed by atoms with Gasteiger partial charge in [0.2, 0.25) is 0 Å². The zero-order valence-electron chi connectivity index (χ0n) is 15.5. The molecule has 5 nitrogen and oxygen atoms in total. The van der Waals surface area contributed by atoms with Crippen molar-refractivity contribution >= 4 is 29.9 Å². The minimum absolute atomic E-state index is 0. The van der Waals surface area contributed by atoms with Gasteiger partial charge >= 0.3 is 0 Å². The summed E-state index contributed by atoms with van der Waals surface area (Å²) in [6.07, 6.45) is 0. The van der Waals surface area contributed by atoms with Crippen LogP contribution in [-0.4, -0.2) is 50.3 Å². The molecule has 1 aromatic carbocycles. The van der Waals surface area contributed by atoms with Crippen LogP contribution < -0.4 is 14.8 Å². The van der Waals surface area contributed by atoms with Crippen molar-refractivity contribution in [3.63, 3.8) is 0 Å². The highest BCUT2D eigenvalue weighted by molar-refractivity contribution is 14.0. The van der Waals surface area contributed by atoms with Gasteiger partial charge in [0.1, 0.15) is 18.1 Å². The number of methoxy groups -OCH3 is 1. The largest absolute Gasteiger partial charge is 0.497 e. The van der Waals surface area contributed by atoms with Crippen molar-refractivity contribution in [1.29, 1.82) is 0 Å². The average Bonchev–Trinajstić information content (AvgIpc) is 2.53. The number of likely N-dealkylation sites (tertiary alicyclic amines) is 1. The summed E-state index contributed by atoms with van der Waals surface area (Å²) >= 11 is 0. The maximum atomic E-state index is 5.75. The van der Waals surface area contributed by atoms with Crippen molar-refractivity contribution < 1.29 is 9.47 Å². The van der Waals surface area contributed by atoms with Gasteiger partial charge in [0.25, 0.3) is 0 Å². The number of nitrogens with zero attached hydrogens (tertiary/aromatic N) is 2. The number of rotatable bonds is 5. The molecular weight excluding hydrogens is 417 g/mol. The first-order chi connectivity index (χ1) is 10.8. The van der Waals surface area contributed by atoms with E-state index >= 15 is 0 Å². The molecule has 2 rings (SSSR count). The predicted octanol–water partition coefficient (Wildman–Crippen LogP) is 3.39. The number of ether oxygens (including phenoxy) is 2. The number of guanidine groups is 1. The van der Waals surface area contributed by atoms with E-state index in [-0.39, 0.29) is 29.5 Å². The first-order valence-corrected chi connectivity index (χ1v) is 8.07. The summed E-state index contributed by atoms with van der Waals surface area (Å²) in [6, 6.07) is 7.64. The van der Waals surface area contributed by atoms with E-state index in [0.717, 1.165) is 24.0 Å². The number of halogens is 1. The van der Waals surface area contributed by atoms with Crippen LogP contribution >= 0.6 is 24.0 Å². The number of nitrogens with one attached hydrogen (secondary N) is 1. The van der Waals surface area contributed by atoms with E-state index in [2.05, 4.69) is 42.9 Å². The molecule has 0 spiro atoms. The molecule has 1 aromatic rings. The molecule has 0 saturated carbocycles. The van der Waals surface area contributed by atoms with Gasteiger partial charge in [0.15, 0.2) is 5.96 Å². The average molecular weight is 447 g/mol. The maximum Gasteiger partial charge on any atom is 0.194 e. The summed E-state index contributed by atoms with van der Waals surface area (Å²) in [7, 11) is 3.48. The molecule has 1 heterocycles. The normalized spacial score (nSPS) is 18.2. The van der Waals surface area contributed by atoms with Gasteiger partial charge in [0, 0.05) is 30.6 Å². The Bertz CT molecular complexity index is 573. The first kappa shape index (κ1) is 20.9. The number of hydrogen-bond acceptors (Lipinski definition) is 3. The number of hydrogen-bond donors (Lipinski definition) is 1. The second-order valence-corrected chi connectivity index (χ2v) is 7.03. The van der Waals surface area contributed by atoms with Crippen molar-refractivity contribution in [3.8, 4) is 11.5 Å². The molecule has 24 heavy (non-hydrogen) atoms. The number of benzene rings is 1. The van der Waals surface area contributed by atoms with Crippen molar-refractivity contribution in [2.24, 2.45) is 10.4 Å². The van der Waals surface area contributed by atoms with Crippen LogP contribution in [0.5, 0.6) is 11.5 Å². The molecule has 1 aliphatic rings. The van der Waals surface area contributed by atoms with E-state index in [4.69, 9.17) is 9.47 Å². The maximum absolute atomic E-state index is 5.75. The van der Waals surface area contributed by atoms with Crippen molar-refractivity contribution in [1.82, 2.24) is 10.2 Å². The standard InChI is InChI=1S/C18H29N3O2.HI/c1-17(2)13-21(18(17,3)4)16(19-5)20-10-11-23-15-9-7-8-14(12-15)22-6;/h7-9,12H,10-11,13H2,1-6H3,(H,19,20);1H. The van der Waals surface area contributed by atoms with Crippen LogP contribution in [0.2, 0.25) is 0 Å². The minimum atomic E-state index is 0. The fraction of sp³-hybridized carbons (Fsp3) is 0.611. The highest BCUT2D eigenvalue weighted by atomic mass is 127. The smallest absolute Gasteiger partial charge is 0.194 e. The van der Waals surface area contributed by atoms with Gasteiger partial charge < -0.3 is 19.7 Å². The fourth-order valence-corrected chi connectivity index (χ4v) is 2.72. The molecule has 0 bridgehead atoms. The van der Waals surface area contributed by atoms with E-state index < -0.39 is 0 Å². The van der Waals surface area contributed by atoms with Crippen LogP contribution in [0.1, 0.15) is 27.7 Å². The number of aliphatic imine (C=N–C) groups is 1. The summed E-state index contributed by atoms with van der Waals surface area (Å²) in [5, 5.41) is 3.38. The van der Waals surface area contributed by atoms with E-state index in [0.29, 0.717) is 18.6 Å². The third kappa shape index (κ3) is 4.26. The highest BCUT2D eigenvalue weighted by Crippen LogP contribution is 2.46. The molecule has 6 heteroatoms. The first-order valence-electron chi connectivity index (χ1n) is 8.07. The summed E-state index contributed by atoms with van der Waals surface area (Å²) in [5.74, 6) is 2.55. The molecule has 0 aromatic heterocycles. The van der Waals surface area contributed by atoms with Gasteiger partial charge in [-0.2, -0.15) is 0 Å². The molecule has 0 radical (unpaired) electrons. The topological polar surface area (TPSA) is 46.1 Å². The lowest BCUT2D eigenvalue weighted by atomic mass is 9.65. The van der Waals surface area contributed by atoms with Crippen molar-refractivity contribution in [2.45, 2.75) is 33.2 Å². The van der Waals surface area contributed by atoms with Crippen LogP contribution in [0.15, 0.2) is 29.3 Å². The summed E-state index contributed by atoms with van der Waals surface area (Å²) in [4.78, 5) is 6.72. The van der Waals surface area contributed by atoms with E-state index in [1.54, 1.807) is 7.11 Å². The van der Waals surface area contributed by atoms with Gasteiger partial charge in [-0.3, -0.25) is 4.99 Å². The van der Waals surface area contributed by atoms with E-state index in [9.17, 15) is 0 Å². The lowest BCUT2D eigenvalue weighted by molar-refractivity contribution is -0.0667. The van der Waals surface area contributed by atoms with Gasteiger partial charge in [-0.15, -0.1) is 24.0 Å². The van der Waals surface area contributed by atoms with Crippen molar-refractivity contribution in [2.75, 3.05) is 33.9 Å². The molecule has 1 saturated heterocycles. The second kappa shape index (κ2) is 8.27. The molecule has 1 fully saturated rings. The molecule has 1 N–H and O–H groups in total. The molecule has 0 aliphatic carbocycles. The third-order valence-corrected chi connectivity index (χ3v) is 5.05. The quantitative estimate of drug-likeness (QED) is 0.326. The Morgan fingerprint density at radius 1 is 1.25 bits per heavy atom. The lowest BCUT2D eigenvalue weighted by Crippen LogP contribution is -2.72. The molecule has 0 amide bonds. The second-order valence-electron chi connectivity index (χ2n) is 7.03. The summed E-state index contributed by atoms with van der Waals surface area (Å²) < 4.78 is 10.9. The van der Waals surface area contributed by atoms with Crippen LogP contribution in [0.25, 0.3) is 0 Å². The van der Waals surface area contributed by atoms with Crippen LogP contribution in [0.4, 0.5) is 0 Å². The molecule has 1 aliphatic heterocycles. The van der Waals surface area contributed by atoms with E-state index in [1.807, 2.05) is 31.3 Å². The SMILES string of the molecule is CN=C(NCCOc1cccc(OC)c1)N1CC(C)(C)C1(C)C.I. The molecule has 136 valence electrons. The Labute approximate surface area is 162 Å². The molecule has 0 unspecified atom stereocenters. The van der Waals surface area contributed by atoms with Crippen LogP contribution in [-0.2, 0) is 0 Å². The van der Waals surface area contributed by atoms with Gasteiger partial charge in [-0.25, -0.2) is 0 Å². The van der Waals surface area contributed by atoms with Gasteiger partial charge in [-0.05, 0) is 26.0 Å². The summed E-state index contributed by atoms with van der Waals surface area (Å²) in [6.45, 7) is 11.4. The Morgan fingerprint density at radius 3 is 2.46 bits per heavy atom. The Kier molecular flexibility index (Phi) is 7.19. The van der Waals surface area contributed by atoms with E-state index in [1.165, 1.54) is 0 Å². The van der Waals surface area contributed by atoms with Gasteiger partial charge in [-0.1, -0.05) is 19.9 Å². The molecular formula is C18H30IN3O2. The Hall–Kier alpha value is -1.18. The Balaban J connectivity index is 0.00000288. The Morgan fingerprint density at radius 2 is 1.92 bits per heavy atom. The van der Waals surface area contributed by atoms with Gasteiger partial charge in [0.05, 0.1) is 13.7 Å². The van der Waals surface area contributed by atoms with Crippen LogP contribution in [0.3, 0.4) is 0 Å². The monoisotopic (exact) mass is 447 g/mol. The minimum Gasteiger partial charge on any atom is -0.497 e.